The van der Waals surface area contributed by atoms with Crippen molar-refractivity contribution in [3.8, 4) is 11.1 Å². The molecule has 7 heterocycles. The Morgan fingerprint density at radius 1 is 1.12 bits per heavy atom. The number of pyridine rings is 1. The van der Waals surface area contributed by atoms with Gasteiger partial charge in [-0.3, -0.25) is 9.89 Å². The number of carbonyl (C=O) groups excluding carboxylic acids is 1. The number of fused-ring (bicyclic) bond motifs is 4. The number of rotatable bonds is 3. The molecule has 0 aliphatic carbocycles. The maximum atomic E-state index is 13.0. The van der Waals surface area contributed by atoms with E-state index in [0.29, 0.717) is 11.6 Å². The zero-order chi connectivity index (χ0) is 22.8. The molecule has 3 atom stereocenters. The van der Waals surface area contributed by atoms with Gasteiger partial charge in [-0.15, -0.1) is 0 Å². The quantitative estimate of drug-likeness (QED) is 0.379. The summed E-state index contributed by atoms with van der Waals surface area (Å²) in [6.45, 7) is 0. The van der Waals surface area contributed by atoms with E-state index < -0.39 is 0 Å². The molecule has 2 fully saturated rings. The van der Waals surface area contributed by atoms with Gasteiger partial charge in [0.25, 0.3) is 5.91 Å². The van der Waals surface area contributed by atoms with Crippen molar-refractivity contribution < 1.29 is 4.79 Å². The molecule has 11 nitrogen and oxygen atoms in total. The Morgan fingerprint density at radius 3 is 2.76 bits per heavy atom. The maximum Gasteiger partial charge on any atom is 0.291 e. The normalized spacial score (nSPS) is 22.1. The summed E-state index contributed by atoms with van der Waals surface area (Å²) in [5, 5.41) is 12.0. The fourth-order valence-electron chi connectivity index (χ4n) is 5.69. The van der Waals surface area contributed by atoms with Crippen molar-refractivity contribution in [2.75, 3.05) is 5.73 Å². The average molecular weight is 454 g/mol. The number of aromatic nitrogens is 8. The molecule has 0 aromatic carbocycles. The third kappa shape index (κ3) is 2.82. The molecule has 2 aliphatic rings. The SMILES string of the molecule is Nc1cc([C@H]2C[C@H]3CC[C@@H](C2)N3C(=O)c2ncn[nH]2)nc2c(-c3cnc4[nH]ccc4c3)cnn12. The van der Waals surface area contributed by atoms with Gasteiger partial charge in [0.05, 0.1) is 6.20 Å². The van der Waals surface area contributed by atoms with E-state index in [1.807, 2.05) is 29.4 Å². The number of nitrogens with one attached hydrogen (secondary N) is 2. The minimum atomic E-state index is -0.0721. The van der Waals surface area contributed by atoms with Crippen LogP contribution in [0.25, 0.3) is 27.8 Å². The second kappa shape index (κ2) is 7.11. The molecule has 2 aliphatic heterocycles. The summed E-state index contributed by atoms with van der Waals surface area (Å²) in [4.78, 5) is 31.7. The smallest absolute Gasteiger partial charge is 0.291 e. The summed E-state index contributed by atoms with van der Waals surface area (Å²) in [7, 11) is 0. The maximum absolute atomic E-state index is 13.0. The van der Waals surface area contributed by atoms with Crippen molar-refractivity contribution in [1.82, 2.24) is 44.6 Å². The van der Waals surface area contributed by atoms with E-state index in [1.54, 1.807) is 10.7 Å². The van der Waals surface area contributed by atoms with E-state index >= 15 is 0 Å². The molecule has 11 heteroatoms. The van der Waals surface area contributed by atoms with E-state index in [-0.39, 0.29) is 23.9 Å². The Labute approximate surface area is 193 Å². The molecule has 2 saturated heterocycles. The summed E-state index contributed by atoms with van der Waals surface area (Å²) in [6, 6.07) is 6.31. The molecule has 0 spiro atoms. The molecule has 4 N–H and O–H groups in total. The number of anilines is 1. The Balaban J connectivity index is 1.23. The number of amides is 1. The molecule has 170 valence electrons. The van der Waals surface area contributed by atoms with Crippen LogP contribution in [0.3, 0.4) is 0 Å². The first-order valence-electron chi connectivity index (χ1n) is 11.4. The van der Waals surface area contributed by atoms with Crippen molar-refractivity contribution in [2.24, 2.45) is 0 Å². The van der Waals surface area contributed by atoms with Crippen LogP contribution in [-0.2, 0) is 0 Å². The van der Waals surface area contributed by atoms with Crippen molar-refractivity contribution in [2.45, 2.75) is 43.7 Å². The van der Waals surface area contributed by atoms with Gasteiger partial charge in [-0.25, -0.2) is 15.0 Å². The van der Waals surface area contributed by atoms with Crippen LogP contribution in [-0.4, -0.2) is 62.6 Å². The van der Waals surface area contributed by atoms with Crippen molar-refractivity contribution >= 4 is 28.4 Å². The number of nitrogen functional groups attached to an aromatic ring is 1. The number of hydrogen-bond donors (Lipinski definition) is 3. The van der Waals surface area contributed by atoms with Gasteiger partial charge >= 0.3 is 0 Å². The number of H-pyrrole nitrogens is 2. The van der Waals surface area contributed by atoms with Gasteiger partial charge in [0.2, 0.25) is 5.82 Å². The lowest BCUT2D eigenvalue weighted by Gasteiger charge is -2.38. The molecule has 34 heavy (non-hydrogen) atoms. The van der Waals surface area contributed by atoms with Crippen LogP contribution in [0.15, 0.2) is 43.1 Å². The molecule has 0 unspecified atom stereocenters. The lowest BCUT2D eigenvalue weighted by Crippen LogP contribution is -2.46. The van der Waals surface area contributed by atoms with Gasteiger partial charge in [0.1, 0.15) is 17.8 Å². The Bertz CT molecular complexity index is 1520. The molecule has 5 aromatic rings. The molecule has 2 bridgehead atoms. The minimum absolute atomic E-state index is 0.0721. The predicted molar refractivity (Wildman–Crippen MR) is 124 cm³/mol. The first kappa shape index (κ1) is 19.2. The number of nitrogens with two attached hydrogens (primary N) is 1. The minimum Gasteiger partial charge on any atom is -0.384 e. The number of piperidine rings is 1. The average Bonchev–Trinajstić information content (AvgIpc) is 3.64. The van der Waals surface area contributed by atoms with E-state index in [0.717, 1.165) is 59.2 Å². The predicted octanol–water partition coefficient (Wildman–Crippen LogP) is 2.52. The highest BCUT2D eigenvalue weighted by Crippen LogP contribution is 2.43. The summed E-state index contributed by atoms with van der Waals surface area (Å²) in [6.07, 6.45) is 10.5. The highest BCUT2D eigenvalue weighted by molar-refractivity contribution is 5.91. The summed E-state index contributed by atoms with van der Waals surface area (Å²) in [5.74, 6) is 0.999. The second-order valence-electron chi connectivity index (χ2n) is 9.14. The van der Waals surface area contributed by atoms with Gasteiger partial charge in [-0.1, -0.05) is 0 Å². The number of aromatic amines is 2. The zero-order valence-corrected chi connectivity index (χ0v) is 18.2. The highest BCUT2D eigenvalue weighted by atomic mass is 16.2. The van der Waals surface area contributed by atoms with Crippen LogP contribution in [0.2, 0.25) is 0 Å². The number of carbonyl (C=O) groups is 1. The second-order valence-corrected chi connectivity index (χ2v) is 9.14. The highest BCUT2D eigenvalue weighted by Gasteiger charge is 2.45. The standard InChI is InChI=1S/C23H22N10O/c24-19-8-18(13-6-15-1-2-16(7-13)32(15)23(34)21-27-11-28-31-21)30-22-17(10-29-33(19)22)14-5-12-3-4-25-20(12)26-9-14/h3-5,8-11,13,15-16H,1-2,6-7,24H2,(H,25,26)(H,27,28,31)/t13-,15+,16-. The van der Waals surface area contributed by atoms with Crippen molar-refractivity contribution in [3.63, 3.8) is 0 Å². The van der Waals surface area contributed by atoms with Crippen LogP contribution in [0.4, 0.5) is 5.82 Å². The number of hydrogen-bond acceptors (Lipinski definition) is 7. The van der Waals surface area contributed by atoms with Crippen molar-refractivity contribution in [1.29, 1.82) is 0 Å². The Hall–Kier alpha value is -4.28. The van der Waals surface area contributed by atoms with E-state index in [4.69, 9.17) is 10.7 Å². The lowest BCUT2D eigenvalue weighted by molar-refractivity contribution is 0.0557. The van der Waals surface area contributed by atoms with Crippen LogP contribution in [0.5, 0.6) is 0 Å². The molecule has 1 amide bonds. The lowest BCUT2D eigenvalue weighted by atomic mass is 9.87. The summed E-state index contributed by atoms with van der Waals surface area (Å²) >= 11 is 0. The van der Waals surface area contributed by atoms with E-state index in [9.17, 15) is 4.79 Å². The van der Waals surface area contributed by atoms with Crippen LogP contribution >= 0.6 is 0 Å². The van der Waals surface area contributed by atoms with Gasteiger partial charge in [0.15, 0.2) is 5.65 Å². The largest absolute Gasteiger partial charge is 0.384 e. The van der Waals surface area contributed by atoms with Gasteiger partial charge in [0, 0.05) is 58.7 Å². The third-order valence-electron chi connectivity index (χ3n) is 7.23. The number of nitrogens with zero attached hydrogens (tertiary/aromatic N) is 7. The molecule has 0 saturated carbocycles. The fraction of sp³-hybridized carbons (Fsp3) is 0.304. The zero-order valence-electron chi connectivity index (χ0n) is 18.2. The van der Waals surface area contributed by atoms with Crippen LogP contribution < -0.4 is 5.73 Å². The van der Waals surface area contributed by atoms with Crippen LogP contribution in [0.1, 0.15) is 47.9 Å². The van der Waals surface area contributed by atoms with E-state index in [2.05, 4.69) is 36.3 Å². The van der Waals surface area contributed by atoms with Gasteiger partial charge < -0.3 is 15.6 Å². The molecule has 0 radical (unpaired) electrons. The Kier molecular flexibility index (Phi) is 4.02. The van der Waals surface area contributed by atoms with Gasteiger partial charge in [-0.05, 0) is 37.8 Å². The topological polar surface area (TPSA) is 147 Å². The van der Waals surface area contributed by atoms with Crippen LogP contribution in [0, 0.1) is 0 Å². The summed E-state index contributed by atoms with van der Waals surface area (Å²) in [5.41, 5.74) is 10.8. The Morgan fingerprint density at radius 2 is 1.97 bits per heavy atom. The third-order valence-corrected chi connectivity index (χ3v) is 7.23. The monoisotopic (exact) mass is 454 g/mol. The first-order valence-corrected chi connectivity index (χ1v) is 11.4. The fourth-order valence-corrected chi connectivity index (χ4v) is 5.69. The van der Waals surface area contributed by atoms with Crippen molar-refractivity contribution in [3.05, 3.63) is 54.6 Å². The molecule has 7 rings (SSSR count). The molecular weight excluding hydrogens is 432 g/mol. The summed E-state index contributed by atoms with van der Waals surface area (Å²) < 4.78 is 1.68. The van der Waals surface area contributed by atoms with Gasteiger partial charge in [-0.2, -0.15) is 14.7 Å². The molecule has 5 aromatic heterocycles. The molecular formula is C23H22N10O. The van der Waals surface area contributed by atoms with E-state index in [1.165, 1.54) is 6.33 Å². The first-order chi connectivity index (χ1) is 16.7.